The Balaban J connectivity index is 2.07. The normalized spacial score (nSPS) is 10.4. The maximum atomic E-state index is 10.7. The van der Waals surface area contributed by atoms with E-state index in [1.807, 2.05) is 18.2 Å². The molecule has 0 amide bonds. The van der Waals surface area contributed by atoms with Gasteiger partial charge in [-0.1, -0.05) is 12.1 Å². The summed E-state index contributed by atoms with van der Waals surface area (Å²) < 4.78 is 0. The van der Waals surface area contributed by atoms with Gasteiger partial charge < -0.3 is 0 Å². The molecule has 0 saturated carbocycles. The SMILES string of the molecule is Cc1cc(CCc2cccs2)ccc1[N+](=O)[O-]. The molecule has 17 heavy (non-hydrogen) atoms. The standard InChI is InChI=1S/C13H13NO2S/c1-10-9-11(5-7-13(10)14(15)16)4-6-12-3-2-8-17-12/h2-3,5,7-9H,4,6H2,1H3. The van der Waals surface area contributed by atoms with Crippen molar-refractivity contribution >= 4 is 17.0 Å². The molecular weight excluding hydrogens is 234 g/mol. The van der Waals surface area contributed by atoms with Gasteiger partial charge in [0.1, 0.15) is 0 Å². The van der Waals surface area contributed by atoms with E-state index in [9.17, 15) is 10.1 Å². The van der Waals surface area contributed by atoms with Crippen molar-refractivity contribution in [3.05, 3.63) is 61.8 Å². The summed E-state index contributed by atoms with van der Waals surface area (Å²) in [7, 11) is 0. The smallest absolute Gasteiger partial charge is 0.258 e. The van der Waals surface area contributed by atoms with Gasteiger partial charge in [0, 0.05) is 16.5 Å². The van der Waals surface area contributed by atoms with Gasteiger partial charge in [-0.05, 0) is 42.8 Å². The summed E-state index contributed by atoms with van der Waals surface area (Å²) in [6.07, 6.45) is 1.92. The monoisotopic (exact) mass is 247 g/mol. The van der Waals surface area contributed by atoms with Crippen molar-refractivity contribution < 1.29 is 4.92 Å². The molecule has 0 fully saturated rings. The Morgan fingerprint density at radius 3 is 2.71 bits per heavy atom. The fourth-order valence-electron chi connectivity index (χ4n) is 1.80. The van der Waals surface area contributed by atoms with Crippen LogP contribution in [0.25, 0.3) is 0 Å². The van der Waals surface area contributed by atoms with Crippen molar-refractivity contribution in [3.8, 4) is 0 Å². The molecule has 0 atom stereocenters. The summed E-state index contributed by atoms with van der Waals surface area (Å²) in [5, 5.41) is 12.8. The van der Waals surface area contributed by atoms with Crippen LogP contribution in [0, 0.1) is 17.0 Å². The van der Waals surface area contributed by atoms with Gasteiger partial charge in [0.05, 0.1) is 4.92 Å². The second-order valence-electron chi connectivity index (χ2n) is 3.96. The number of nitrogens with zero attached hydrogens (tertiary/aromatic N) is 1. The minimum Gasteiger partial charge on any atom is -0.258 e. The predicted molar refractivity (Wildman–Crippen MR) is 69.6 cm³/mol. The first kappa shape index (κ1) is 11.8. The molecule has 88 valence electrons. The van der Waals surface area contributed by atoms with Gasteiger partial charge in [-0.25, -0.2) is 0 Å². The Labute approximate surface area is 104 Å². The van der Waals surface area contributed by atoms with Gasteiger partial charge in [-0.2, -0.15) is 0 Å². The van der Waals surface area contributed by atoms with E-state index in [0.717, 1.165) is 24.0 Å². The Hall–Kier alpha value is -1.68. The Kier molecular flexibility index (Phi) is 3.54. The molecule has 2 rings (SSSR count). The Morgan fingerprint density at radius 1 is 1.29 bits per heavy atom. The number of benzene rings is 1. The third-order valence-electron chi connectivity index (χ3n) is 2.70. The second-order valence-corrected chi connectivity index (χ2v) is 4.99. The highest BCUT2D eigenvalue weighted by Crippen LogP contribution is 2.20. The van der Waals surface area contributed by atoms with Crippen molar-refractivity contribution in [2.75, 3.05) is 0 Å². The quantitative estimate of drug-likeness (QED) is 0.610. The highest BCUT2D eigenvalue weighted by Gasteiger charge is 2.09. The van der Waals surface area contributed by atoms with E-state index in [-0.39, 0.29) is 10.6 Å². The van der Waals surface area contributed by atoms with Gasteiger partial charge in [0.15, 0.2) is 0 Å². The van der Waals surface area contributed by atoms with Crippen LogP contribution >= 0.6 is 11.3 Å². The molecule has 0 radical (unpaired) electrons. The van der Waals surface area contributed by atoms with Gasteiger partial charge in [-0.15, -0.1) is 11.3 Å². The van der Waals surface area contributed by atoms with Crippen LogP contribution in [-0.4, -0.2) is 4.92 Å². The molecule has 2 aromatic rings. The number of hydrogen-bond acceptors (Lipinski definition) is 3. The highest BCUT2D eigenvalue weighted by molar-refractivity contribution is 7.09. The minimum atomic E-state index is -0.335. The Morgan fingerprint density at radius 2 is 2.12 bits per heavy atom. The topological polar surface area (TPSA) is 43.1 Å². The zero-order chi connectivity index (χ0) is 12.3. The average molecular weight is 247 g/mol. The van der Waals surface area contributed by atoms with Gasteiger partial charge in [-0.3, -0.25) is 10.1 Å². The lowest BCUT2D eigenvalue weighted by atomic mass is 10.1. The highest BCUT2D eigenvalue weighted by atomic mass is 32.1. The largest absolute Gasteiger partial charge is 0.272 e. The van der Waals surface area contributed by atoms with Gasteiger partial charge >= 0.3 is 0 Å². The van der Waals surface area contributed by atoms with E-state index < -0.39 is 0 Å². The van der Waals surface area contributed by atoms with Crippen LogP contribution in [0.2, 0.25) is 0 Å². The van der Waals surface area contributed by atoms with E-state index in [0.29, 0.717) is 0 Å². The molecule has 0 saturated heterocycles. The number of rotatable bonds is 4. The molecule has 1 heterocycles. The second kappa shape index (κ2) is 5.10. The van der Waals surface area contributed by atoms with E-state index >= 15 is 0 Å². The summed E-state index contributed by atoms with van der Waals surface area (Å²) in [6, 6.07) is 9.51. The third-order valence-corrected chi connectivity index (χ3v) is 3.63. The maximum absolute atomic E-state index is 10.7. The van der Waals surface area contributed by atoms with Crippen molar-refractivity contribution in [2.24, 2.45) is 0 Å². The summed E-state index contributed by atoms with van der Waals surface area (Å²) >= 11 is 1.75. The molecule has 0 bridgehead atoms. The minimum absolute atomic E-state index is 0.199. The van der Waals surface area contributed by atoms with Crippen LogP contribution < -0.4 is 0 Å². The zero-order valence-electron chi connectivity index (χ0n) is 9.55. The molecule has 0 N–H and O–H groups in total. The molecule has 4 heteroatoms. The van der Waals surface area contributed by atoms with Gasteiger partial charge in [0.2, 0.25) is 0 Å². The number of aryl methyl sites for hydroxylation is 3. The lowest BCUT2D eigenvalue weighted by molar-refractivity contribution is -0.385. The molecule has 0 aliphatic rings. The molecular formula is C13H13NO2S. The molecule has 0 unspecified atom stereocenters. The van der Waals surface area contributed by atoms with Crippen LogP contribution in [0.1, 0.15) is 16.0 Å². The fraction of sp³-hybridized carbons (Fsp3) is 0.231. The van der Waals surface area contributed by atoms with E-state index in [1.54, 1.807) is 24.3 Å². The first-order valence-corrected chi connectivity index (χ1v) is 6.31. The predicted octanol–water partition coefficient (Wildman–Crippen LogP) is 3.75. The number of thiophene rings is 1. The lowest BCUT2D eigenvalue weighted by Crippen LogP contribution is -1.94. The molecule has 1 aromatic carbocycles. The number of nitro benzene ring substituents is 1. The van der Waals surface area contributed by atoms with Gasteiger partial charge in [0.25, 0.3) is 5.69 Å². The first-order valence-electron chi connectivity index (χ1n) is 5.43. The lowest BCUT2D eigenvalue weighted by Gasteiger charge is -2.02. The summed E-state index contributed by atoms with van der Waals surface area (Å²) in [5.41, 5.74) is 2.09. The van der Waals surface area contributed by atoms with Crippen molar-refractivity contribution in [1.82, 2.24) is 0 Å². The van der Waals surface area contributed by atoms with Crippen LogP contribution in [0.15, 0.2) is 35.7 Å². The van der Waals surface area contributed by atoms with E-state index in [4.69, 9.17) is 0 Å². The third kappa shape index (κ3) is 2.91. The first-order chi connectivity index (χ1) is 8.16. The van der Waals surface area contributed by atoms with E-state index in [2.05, 4.69) is 11.4 Å². The Bertz CT molecular complexity index is 520. The van der Waals surface area contributed by atoms with E-state index in [1.165, 1.54) is 4.88 Å². The molecule has 1 aromatic heterocycles. The molecule has 3 nitrogen and oxygen atoms in total. The summed E-state index contributed by atoms with van der Waals surface area (Å²) in [4.78, 5) is 11.7. The number of nitro groups is 1. The van der Waals surface area contributed by atoms with Crippen LogP contribution in [0.5, 0.6) is 0 Å². The van der Waals surface area contributed by atoms with Crippen LogP contribution in [0.3, 0.4) is 0 Å². The van der Waals surface area contributed by atoms with Crippen LogP contribution in [-0.2, 0) is 12.8 Å². The zero-order valence-corrected chi connectivity index (χ0v) is 10.4. The summed E-state index contributed by atoms with van der Waals surface area (Å²) in [6.45, 7) is 1.78. The molecule has 0 aliphatic carbocycles. The molecule has 0 aliphatic heterocycles. The average Bonchev–Trinajstić information content (AvgIpc) is 2.78. The van der Waals surface area contributed by atoms with Crippen LogP contribution in [0.4, 0.5) is 5.69 Å². The maximum Gasteiger partial charge on any atom is 0.272 e. The molecule has 0 spiro atoms. The van der Waals surface area contributed by atoms with Crippen molar-refractivity contribution in [3.63, 3.8) is 0 Å². The number of hydrogen-bond donors (Lipinski definition) is 0. The summed E-state index contributed by atoms with van der Waals surface area (Å²) in [5.74, 6) is 0. The fourth-order valence-corrected chi connectivity index (χ4v) is 2.51. The van der Waals surface area contributed by atoms with Crippen molar-refractivity contribution in [2.45, 2.75) is 19.8 Å². The van der Waals surface area contributed by atoms with Crippen molar-refractivity contribution in [1.29, 1.82) is 0 Å².